The number of hydrogen-bond donors (Lipinski definition) is 2. The van der Waals surface area contributed by atoms with Crippen molar-refractivity contribution < 1.29 is 10.2 Å². The zero-order valence-electron chi connectivity index (χ0n) is 12.8. The van der Waals surface area contributed by atoms with Crippen LogP contribution in [0.3, 0.4) is 0 Å². The van der Waals surface area contributed by atoms with Crippen molar-refractivity contribution in [3.05, 3.63) is 78.2 Å². The molecule has 0 unspecified atom stereocenters. The summed E-state index contributed by atoms with van der Waals surface area (Å²) in [4.78, 5) is 9.16. The van der Waals surface area contributed by atoms with Gasteiger partial charge in [0.05, 0.1) is 0 Å². The minimum Gasteiger partial charge on any atom is -0.508 e. The van der Waals surface area contributed by atoms with Crippen molar-refractivity contribution in [1.82, 2.24) is 14.5 Å². The minimum atomic E-state index is 0.219. The fourth-order valence-corrected chi connectivity index (χ4v) is 2.75. The molecule has 0 saturated heterocycles. The molecule has 0 atom stereocenters. The molecule has 0 amide bonds. The van der Waals surface area contributed by atoms with Gasteiger partial charge in [-0.05, 0) is 54.1 Å². The van der Waals surface area contributed by atoms with E-state index in [-0.39, 0.29) is 11.5 Å². The SMILES string of the molecule is Oc1ccc(Cc2nc3cccnc3n2-c2ccc(O)cc2)cc1. The number of imidazole rings is 1. The van der Waals surface area contributed by atoms with E-state index in [9.17, 15) is 10.2 Å². The fourth-order valence-electron chi connectivity index (χ4n) is 2.75. The zero-order chi connectivity index (χ0) is 16.5. The van der Waals surface area contributed by atoms with E-state index in [2.05, 4.69) is 4.98 Å². The average molecular weight is 317 g/mol. The van der Waals surface area contributed by atoms with Crippen LogP contribution in [-0.2, 0) is 6.42 Å². The number of phenolic OH excluding ortho intramolecular Hbond substituents is 2. The van der Waals surface area contributed by atoms with E-state index in [1.807, 2.05) is 41.0 Å². The maximum atomic E-state index is 9.53. The van der Waals surface area contributed by atoms with Crippen LogP contribution in [0.2, 0.25) is 0 Å². The van der Waals surface area contributed by atoms with Crippen LogP contribution in [0.5, 0.6) is 11.5 Å². The van der Waals surface area contributed by atoms with Crippen LogP contribution in [0.25, 0.3) is 16.9 Å². The molecular weight excluding hydrogens is 302 g/mol. The quantitative estimate of drug-likeness (QED) is 0.607. The Morgan fingerprint density at radius 1 is 0.833 bits per heavy atom. The van der Waals surface area contributed by atoms with Gasteiger partial charge in [-0.25, -0.2) is 9.97 Å². The predicted octanol–water partition coefficient (Wildman–Crippen LogP) is 3.42. The van der Waals surface area contributed by atoms with E-state index in [4.69, 9.17) is 4.98 Å². The molecule has 2 N–H and O–H groups in total. The Morgan fingerprint density at radius 2 is 1.50 bits per heavy atom. The van der Waals surface area contributed by atoms with Crippen LogP contribution in [0.4, 0.5) is 0 Å². The standard InChI is InChI=1S/C19H15N3O2/c23-15-7-3-13(4-8-15)12-18-21-17-2-1-11-20-19(17)22(18)14-5-9-16(24)10-6-14/h1-11,23-24H,12H2. The van der Waals surface area contributed by atoms with Crippen LogP contribution in [0, 0.1) is 0 Å². The van der Waals surface area contributed by atoms with Gasteiger partial charge in [0.2, 0.25) is 0 Å². The number of aromatic nitrogens is 3. The molecule has 4 rings (SSSR count). The molecule has 2 aromatic heterocycles. The summed E-state index contributed by atoms with van der Waals surface area (Å²) in [5.41, 5.74) is 3.53. The highest BCUT2D eigenvalue weighted by Gasteiger charge is 2.14. The number of pyridine rings is 1. The second-order valence-corrected chi connectivity index (χ2v) is 5.57. The number of aromatic hydroxyl groups is 2. The molecule has 118 valence electrons. The van der Waals surface area contributed by atoms with Gasteiger partial charge in [0.25, 0.3) is 0 Å². The van der Waals surface area contributed by atoms with Gasteiger partial charge in [-0.1, -0.05) is 12.1 Å². The molecule has 0 spiro atoms. The first-order chi connectivity index (χ1) is 11.7. The highest BCUT2D eigenvalue weighted by Crippen LogP contribution is 2.23. The van der Waals surface area contributed by atoms with Gasteiger partial charge in [-0.3, -0.25) is 4.57 Å². The molecule has 4 aromatic rings. The lowest BCUT2D eigenvalue weighted by atomic mass is 10.1. The number of hydrogen-bond acceptors (Lipinski definition) is 4. The minimum absolute atomic E-state index is 0.219. The summed E-state index contributed by atoms with van der Waals surface area (Å²) in [5.74, 6) is 1.31. The summed E-state index contributed by atoms with van der Waals surface area (Å²) in [5, 5.41) is 19.0. The Hall–Kier alpha value is -3.34. The molecule has 0 aliphatic rings. The Kier molecular flexibility index (Phi) is 3.39. The first-order valence-electron chi connectivity index (χ1n) is 7.60. The monoisotopic (exact) mass is 317 g/mol. The van der Waals surface area contributed by atoms with E-state index in [1.165, 1.54) is 0 Å². The highest BCUT2D eigenvalue weighted by atomic mass is 16.3. The van der Waals surface area contributed by atoms with Crippen LogP contribution in [0.1, 0.15) is 11.4 Å². The van der Waals surface area contributed by atoms with Crippen LogP contribution < -0.4 is 0 Å². The smallest absolute Gasteiger partial charge is 0.164 e. The largest absolute Gasteiger partial charge is 0.508 e. The van der Waals surface area contributed by atoms with Crippen LogP contribution in [0.15, 0.2) is 66.9 Å². The first kappa shape index (κ1) is 14.3. The van der Waals surface area contributed by atoms with Crippen molar-refractivity contribution in [2.24, 2.45) is 0 Å². The summed E-state index contributed by atoms with van der Waals surface area (Å²) in [6, 6.07) is 17.9. The number of fused-ring (bicyclic) bond motifs is 1. The van der Waals surface area contributed by atoms with Gasteiger partial charge in [0, 0.05) is 18.3 Å². The lowest BCUT2D eigenvalue weighted by molar-refractivity contribution is 0.474. The van der Waals surface area contributed by atoms with Crippen LogP contribution in [-0.4, -0.2) is 24.7 Å². The topological polar surface area (TPSA) is 71.2 Å². The Balaban J connectivity index is 1.86. The molecular formula is C19H15N3O2. The Bertz CT molecular complexity index is 989. The lowest BCUT2D eigenvalue weighted by Gasteiger charge is -2.09. The summed E-state index contributed by atoms with van der Waals surface area (Å²) in [6.07, 6.45) is 2.35. The molecule has 5 nitrogen and oxygen atoms in total. The van der Waals surface area contributed by atoms with Gasteiger partial charge >= 0.3 is 0 Å². The van der Waals surface area contributed by atoms with Gasteiger partial charge in [0.15, 0.2) is 5.65 Å². The van der Waals surface area contributed by atoms with Gasteiger partial charge < -0.3 is 10.2 Å². The van der Waals surface area contributed by atoms with E-state index in [0.717, 1.165) is 28.2 Å². The first-order valence-corrected chi connectivity index (χ1v) is 7.60. The summed E-state index contributed by atoms with van der Waals surface area (Å²) >= 11 is 0. The zero-order valence-corrected chi connectivity index (χ0v) is 12.8. The molecule has 2 aromatic carbocycles. The molecule has 0 radical (unpaired) electrons. The fraction of sp³-hybridized carbons (Fsp3) is 0.0526. The van der Waals surface area contributed by atoms with Crippen LogP contribution >= 0.6 is 0 Å². The second-order valence-electron chi connectivity index (χ2n) is 5.57. The molecule has 0 saturated carbocycles. The van der Waals surface area contributed by atoms with Crippen molar-refractivity contribution >= 4 is 11.2 Å². The van der Waals surface area contributed by atoms with E-state index < -0.39 is 0 Å². The normalized spacial score (nSPS) is 11.0. The van der Waals surface area contributed by atoms with Gasteiger partial charge in [-0.15, -0.1) is 0 Å². The van der Waals surface area contributed by atoms with Crippen molar-refractivity contribution in [1.29, 1.82) is 0 Å². The van der Waals surface area contributed by atoms with Gasteiger partial charge in [-0.2, -0.15) is 0 Å². The van der Waals surface area contributed by atoms with Gasteiger partial charge in [0.1, 0.15) is 22.8 Å². The maximum absolute atomic E-state index is 9.53. The van der Waals surface area contributed by atoms with Crippen molar-refractivity contribution in [2.75, 3.05) is 0 Å². The van der Waals surface area contributed by atoms with Crippen molar-refractivity contribution in [3.8, 4) is 17.2 Å². The van der Waals surface area contributed by atoms with Crippen molar-refractivity contribution in [3.63, 3.8) is 0 Å². The lowest BCUT2D eigenvalue weighted by Crippen LogP contribution is -2.03. The third-order valence-electron chi connectivity index (χ3n) is 3.89. The third kappa shape index (κ3) is 2.56. The molecule has 2 heterocycles. The van der Waals surface area contributed by atoms with Crippen molar-refractivity contribution in [2.45, 2.75) is 6.42 Å². The average Bonchev–Trinajstić information content (AvgIpc) is 2.96. The number of rotatable bonds is 3. The summed E-state index contributed by atoms with van der Waals surface area (Å²) in [6.45, 7) is 0. The molecule has 0 bridgehead atoms. The molecule has 0 aliphatic heterocycles. The Labute approximate surface area is 138 Å². The van der Waals surface area contributed by atoms with E-state index in [0.29, 0.717) is 6.42 Å². The summed E-state index contributed by atoms with van der Waals surface area (Å²) < 4.78 is 1.99. The second kappa shape index (κ2) is 5.70. The number of nitrogens with zero attached hydrogens (tertiary/aromatic N) is 3. The molecule has 0 fully saturated rings. The highest BCUT2D eigenvalue weighted by molar-refractivity contribution is 5.74. The molecule has 0 aliphatic carbocycles. The maximum Gasteiger partial charge on any atom is 0.164 e. The van der Waals surface area contributed by atoms with E-state index >= 15 is 0 Å². The number of benzene rings is 2. The third-order valence-corrected chi connectivity index (χ3v) is 3.89. The predicted molar refractivity (Wildman–Crippen MR) is 91.4 cm³/mol. The molecule has 24 heavy (non-hydrogen) atoms. The summed E-state index contributed by atoms with van der Waals surface area (Å²) in [7, 11) is 0. The molecule has 5 heteroatoms. The van der Waals surface area contributed by atoms with E-state index in [1.54, 1.807) is 30.5 Å². The Morgan fingerprint density at radius 3 is 2.21 bits per heavy atom. The number of phenols is 2.